The number of aliphatic hydroxyl groups is 1. The maximum atomic E-state index is 9.63. The van der Waals surface area contributed by atoms with E-state index in [4.69, 9.17) is 22.3 Å². The average molecular weight is 421 g/mol. The molecule has 2 aromatic rings. The monoisotopic (exact) mass is 420 g/mol. The van der Waals surface area contributed by atoms with E-state index in [0.29, 0.717) is 29.0 Å². The van der Waals surface area contributed by atoms with Gasteiger partial charge in [0.1, 0.15) is 5.69 Å². The van der Waals surface area contributed by atoms with Gasteiger partial charge in [0, 0.05) is 24.3 Å². The number of aliphatic hydroxyl groups excluding tert-OH is 1. The molecule has 6 N–H and O–H groups in total. The van der Waals surface area contributed by atoms with E-state index in [-0.39, 0.29) is 12.1 Å². The maximum absolute atomic E-state index is 9.63. The summed E-state index contributed by atoms with van der Waals surface area (Å²) in [5, 5.41) is 20.6. The number of nitrogen functional groups attached to an aromatic ring is 1. The van der Waals surface area contributed by atoms with E-state index in [9.17, 15) is 5.11 Å². The maximum Gasteiger partial charge on any atom is 0.226 e. The van der Waals surface area contributed by atoms with Gasteiger partial charge >= 0.3 is 0 Å². The summed E-state index contributed by atoms with van der Waals surface area (Å²) in [4.78, 5) is 9.36. The van der Waals surface area contributed by atoms with Crippen molar-refractivity contribution in [1.82, 2.24) is 15.5 Å². The highest BCUT2D eigenvalue weighted by atomic mass is 35.5. The second kappa shape index (κ2) is 8.48. The molecule has 0 aliphatic carbocycles. The van der Waals surface area contributed by atoms with Crippen LogP contribution in [0.5, 0.6) is 0 Å². The Morgan fingerprint density at radius 2 is 1.83 bits per heavy atom. The van der Waals surface area contributed by atoms with Gasteiger partial charge < -0.3 is 21.5 Å². The van der Waals surface area contributed by atoms with Crippen molar-refractivity contribution >= 4 is 46.2 Å². The van der Waals surface area contributed by atoms with Crippen molar-refractivity contribution in [1.29, 1.82) is 0 Å². The van der Waals surface area contributed by atoms with Crippen molar-refractivity contribution in [3.63, 3.8) is 0 Å². The summed E-state index contributed by atoms with van der Waals surface area (Å²) in [6.07, 6.45) is -0.523. The highest BCUT2D eigenvalue weighted by molar-refractivity contribution is 6.33. The number of benzene rings is 1. The van der Waals surface area contributed by atoms with E-state index in [1.165, 1.54) is 0 Å². The lowest BCUT2D eigenvalue weighted by atomic mass is 10.2. The molecule has 0 amide bonds. The van der Waals surface area contributed by atoms with Gasteiger partial charge in [0.25, 0.3) is 0 Å². The third-order valence-electron chi connectivity index (χ3n) is 4.40. The van der Waals surface area contributed by atoms with E-state index in [1.54, 1.807) is 19.1 Å². The minimum Gasteiger partial charge on any atom is -0.398 e. The van der Waals surface area contributed by atoms with Crippen LogP contribution in [0.2, 0.25) is 5.02 Å². The number of hydrogen-bond acceptors (Lipinski definition) is 9. The van der Waals surface area contributed by atoms with Gasteiger partial charge in [0.05, 0.1) is 16.8 Å². The van der Waals surface area contributed by atoms with Crippen molar-refractivity contribution in [3.8, 4) is 0 Å². The molecule has 29 heavy (non-hydrogen) atoms. The molecule has 1 aromatic carbocycles. The number of fused-ring (bicyclic) bond motifs is 1. The molecule has 0 bridgehead atoms. The molecule has 0 saturated carbocycles. The molecule has 0 fully saturated rings. The standard InChI is InChI=1S/C19H29ClN8O/c1-10(2)27-16-17(23-13-6-7-15(21)14(20)8-13)24-19(22-9-12(5)29)25-18(16)28(26-27)11(3)4/h6-8,10-12,26,29H,9,21H2,1-5H3,(H2,22,23,24,25). The molecule has 0 radical (unpaired) electrons. The lowest BCUT2D eigenvalue weighted by Gasteiger charge is -2.27. The average Bonchev–Trinajstić information content (AvgIpc) is 3.03. The molecule has 0 saturated heterocycles. The van der Waals surface area contributed by atoms with E-state index in [0.717, 1.165) is 17.2 Å². The highest BCUT2D eigenvalue weighted by Crippen LogP contribution is 2.41. The number of hydrazine groups is 2. The molecule has 158 valence electrons. The first-order valence-corrected chi connectivity index (χ1v) is 10.1. The Labute approximate surface area is 176 Å². The van der Waals surface area contributed by atoms with Gasteiger partial charge in [-0.3, -0.25) is 10.0 Å². The van der Waals surface area contributed by atoms with Crippen LogP contribution in [0.4, 0.5) is 34.6 Å². The van der Waals surface area contributed by atoms with Gasteiger partial charge in [-0.25, -0.2) is 0 Å². The summed E-state index contributed by atoms with van der Waals surface area (Å²) < 4.78 is 0. The third kappa shape index (κ3) is 4.58. The SMILES string of the molecule is CC(O)CNc1nc(Nc2ccc(N)c(Cl)c2)c2c(n1)N(C(C)C)NN2C(C)C. The van der Waals surface area contributed by atoms with Crippen molar-refractivity contribution in [3.05, 3.63) is 23.2 Å². The van der Waals surface area contributed by atoms with Crippen LogP contribution in [0.25, 0.3) is 0 Å². The molecule has 0 spiro atoms. The van der Waals surface area contributed by atoms with E-state index in [2.05, 4.69) is 48.8 Å². The van der Waals surface area contributed by atoms with Gasteiger partial charge in [-0.05, 0) is 52.8 Å². The predicted octanol–water partition coefficient (Wildman–Crippen LogP) is 3.11. The molecular formula is C19H29ClN8O. The lowest BCUT2D eigenvalue weighted by Crippen LogP contribution is -2.50. The summed E-state index contributed by atoms with van der Waals surface area (Å²) in [6.45, 7) is 10.4. The Morgan fingerprint density at radius 3 is 2.41 bits per heavy atom. The molecule has 1 atom stereocenters. The number of nitrogens with two attached hydrogens (primary N) is 1. The van der Waals surface area contributed by atoms with Crippen LogP contribution < -0.4 is 31.9 Å². The van der Waals surface area contributed by atoms with E-state index >= 15 is 0 Å². The van der Waals surface area contributed by atoms with Gasteiger partial charge in [0.2, 0.25) is 5.95 Å². The molecule has 1 unspecified atom stereocenters. The van der Waals surface area contributed by atoms with Crippen LogP contribution in [0.15, 0.2) is 18.2 Å². The van der Waals surface area contributed by atoms with Crippen LogP contribution in [-0.4, -0.2) is 39.8 Å². The summed E-state index contributed by atoms with van der Waals surface area (Å²) >= 11 is 6.19. The number of halogens is 1. The summed E-state index contributed by atoms with van der Waals surface area (Å²) in [5.41, 5.74) is 11.3. The van der Waals surface area contributed by atoms with Crippen LogP contribution >= 0.6 is 11.6 Å². The fourth-order valence-electron chi connectivity index (χ4n) is 2.93. The van der Waals surface area contributed by atoms with Crippen molar-refractivity contribution in [2.75, 3.05) is 32.9 Å². The molecular weight excluding hydrogens is 392 g/mol. The first-order chi connectivity index (χ1) is 13.7. The Hall–Kier alpha value is -2.49. The quantitative estimate of drug-likeness (QED) is 0.431. The number of nitrogens with one attached hydrogen (secondary N) is 3. The van der Waals surface area contributed by atoms with Crippen molar-refractivity contribution < 1.29 is 5.11 Å². The minimum atomic E-state index is -0.523. The van der Waals surface area contributed by atoms with Crippen molar-refractivity contribution in [2.45, 2.75) is 52.8 Å². The molecule has 9 nitrogen and oxygen atoms in total. The van der Waals surface area contributed by atoms with Gasteiger partial charge in [-0.15, -0.1) is 5.53 Å². The van der Waals surface area contributed by atoms with Crippen LogP contribution in [-0.2, 0) is 0 Å². The van der Waals surface area contributed by atoms with E-state index < -0.39 is 6.10 Å². The Kier molecular flexibility index (Phi) is 6.21. The number of aromatic nitrogens is 2. The molecule has 10 heteroatoms. The third-order valence-corrected chi connectivity index (χ3v) is 4.73. The van der Waals surface area contributed by atoms with Crippen molar-refractivity contribution in [2.24, 2.45) is 0 Å². The first kappa shape index (κ1) is 21.2. The normalized spacial score (nSPS) is 14.5. The first-order valence-electron chi connectivity index (χ1n) is 9.68. The molecule has 1 aromatic heterocycles. The molecule has 1 aliphatic rings. The zero-order valence-corrected chi connectivity index (χ0v) is 18.1. The Morgan fingerprint density at radius 1 is 1.14 bits per heavy atom. The fourth-order valence-corrected chi connectivity index (χ4v) is 3.11. The Bertz CT molecular complexity index is 874. The number of rotatable bonds is 7. The molecule has 1 aliphatic heterocycles. The highest BCUT2D eigenvalue weighted by Gasteiger charge is 2.34. The van der Waals surface area contributed by atoms with Crippen LogP contribution in [0.3, 0.4) is 0 Å². The number of nitrogens with zero attached hydrogens (tertiary/aromatic N) is 4. The minimum absolute atomic E-state index is 0.160. The Balaban J connectivity index is 2.08. The smallest absolute Gasteiger partial charge is 0.226 e. The fraction of sp³-hybridized carbons (Fsp3) is 0.474. The lowest BCUT2D eigenvalue weighted by molar-refractivity contribution is 0.208. The van der Waals surface area contributed by atoms with E-state index in [1.807, 2.05) is 16.1 Å². The summed E-state index contributed by atoms with van der Waals surface area (Å²) in [6, 6.07) is 5.68. The van der Waals surface area contributed by atoms with Crippen LogP contribution in [0, 0.1) is 0 Å². The van der Waals surface area contributed by atoms with Gasteiger partial charge in [-0.1, -0.05) is 11.6 Å². The number of hydrogen-bond donors (Lipinski definition) is 5. The largest absolute Gasteiger partial charge is 0.398 e. The topological polar surface area (TPSA) is 115 Å². The summed E-state index contributed by atoms with van der Waals surface area (Å²) in [7, 11) is 0. The van der Waals surface area contributed by atoms with Gasteiger partial charge in [-0.2, -0.15) is 9.97 Å². The second-order valence-corrected chi connectivity index (χ2v) is 8.09. The predicted molar refractivity (Wildman–Crippen MR) is 120 cm³/mol. The molecule has 2 heterocycles. The van der Waals surface area contributed by atoms with Gasteiger partial charge in [0.15, 0.2) is 11.6 Å². The number of anilines is 6. The van der Waals surface area contributed by atoms with Crippen LogP contribution in [0.1, 0.15) is 34.6 Å². The second-order valence-electron chi connectivity index (χ2n) is 7.69. The zero-order chi connectivity index (χ0) is 21.3. The zero-order valence-electron chi connectivity index (χ0n) is 17.4. The summed E-state index contributed by atoms with van der Waals surface area (Å²) in [5.74, 6) is 1.79. The molecule has 3 rings (SSSR count).